The minimum absolute atomic E-state index is 0.139. The van der Waals surface area contributed by atoms with E-state index in [4.69, 9.17) is 17.0 Å². The molecule has 1 aromatic carbocycles. The van der Waals surface area contributed by atoms with Crippen molar-refractivity contribution in [1.82, 2.24) is 9.47 Å². The maximum Gasteiger partial charge on any atom is 0.272 e. The van der Waals surface area contributed by atoms with Crippen LogP contribution in [0.4, 0.5) is 5.69 Å². The SMILES string of the molecule is C=CCn1c(=C2SC(=S)N(C)C2=O)sc(=C2Sc3ccc(OC)cc3N2C)c1=O. The predicted molar refractivity (Wildman–Crippen MR) is 125 cm³/mol. The van der Waals surface area contributed by atoms with Crippen molar-refractivity contribution in [2.75, 3.05) is 26.1 Å². The molecule has 0 radical (unpaired) electrons. The van der Waals surface area contributed by atoms with Gasteiger partial charge in [0.05, 0.1) is 12.8 Å². The summed E-state index contributed by atoms with van der Waals surface area (Å²) in [4.78, 5) is 30.9. The van der Waals surface area contributed by atoms with Crippen molar-refractivity contribution in [2.45, 2.75) is 11.4 Å². The van der Waals surface area contributed by atoms with E-state index in [-0.39, 0.29) is 11.5 Å². The fourth-order valence-corrected chi connectivity index (χ4v) is 6.80. The Morgan fingerprint density at radius 3 is 2.59 bits per heavy atom. The van der Waals surface area contributed by atoms with Crippen molar-refractivity contribution < 1.29 is 9.53 Å². The average Bonchev–Trinajstić information content (AvgIpc) is 3.30. The molecule has 0 N–H and O–H groups in total. The van der Waals surface area contributed by atoms with Gasteiger partial charge in [0.15, 0.2) is 0 Å². The van der Waals surface area contributed by atoms with Gasteiger partial charge in [-0.2, -0.15) is 0 Å². The number of hydrogen-bond donors (Lipinski definition) is 0. The van der Waals surface area contributed by atoms with E-state index in [1.807, 2.05) is 30.1 Å². The number of thiazole rings is 1. The van der Waals surface area contributed by atoms with Crippen LogP contribution in [0, 0.1) is 0 Å². The topological polar surface area (TPSA) is 54.8 Å². The molecule has 6 nitrogen and oxygen atoms in total. The van der Waals surface area contributed by atoms with E-state index in [1.54, 1.807) is 24.8 Å². The van der Waals surface area contributed by atoms with Crippen LogP contribution in [0.5, 0.6) is 5.75 Å². The summed E-state index contributed by atoms with van der Waals surface area (Å²) in [5, 5.41) is 0.833. The van der Waals surface area contributed by atoms with Crippen LogP contribution in [0.25, 0.3) is 9.93 Å². The summed E-state index contributed by atoms with van der Waals surface area (Å²) >= 11 is 9.34. The zero-order valence-corrected chi connectivity index (χ0v) is 19.2. The number of rotatable bonds is 3. The van der Waals surface area contributed by atoms with Gasteiger partial charge in [-0.05, 0) is 12.1 Å². The molecule has 1 amide bonds. The largest absolute Gasteiger partial charge is 0.497 e. The van der Waals surface area contributed by atoms with Gasteiger partial charge in [-0.25, -0.2) is 0 Å². The van der Waals surface area contributed by atoms with Crippen LogP contribution >= 0.6 is 47.1 Å². The highest BCUT2D eigenvalue weighted by molar-refractivity contribution is 8.30. The Hall–Kier alpha value is -2.01. The van der Waals surface area contributed by atoms with Crippen LogP contribution in [-0.4, -0.2) is 40.9 Å². The molecule has 0 unspecified atom stereocenters. The number of allylic oxidation sites excluding steroid dienone is 1. The van der Waals surface area contributed by atoms with E-state index in [9.17, 15) is 9.59 Å². The molecule has 4 rings (SSSR count). The van der Waals surface area contributed by atoms with Crippen LogP contribution in [-0.2, 0) is 11.3 Å². The molecule has 1 fully saturated rings. The van der Waals surface area contributed by atoms with Crippen LogP contribution in [0.1, 0.15) is 0 Å². The van der Waals surface area contributed by atoms with Crippen molar-refractivity contribution in [2.24, 2.45) is 0 Å². The molecule has 0 atom stereocenters. The smallest absolute Gasteiger partial charge is 0.272 e. The Kier molecular flexibility index (Phi) is 5.36. The summed E-state index contributed by atoms with van der Waals surface area (Å²) in [5.74, 6) is 0.574. The highest BCUT2D eigenvalue weighted by Gasteiger charge is 2.32. The Balaban J connectivity index is 1.98. The van der Waals surface area contributed by atoms with Gasteiger partial charge in [0.25, 0.3) is 11.5 Å². The predicted octanol–water partition coefficient (Wildman–Crippen LogP) is 2.01. The number of carbonyl (C=O) groups excluding carboxylic acids is 1. The molecule has 0 spiro atoms. The number of thioether (sulfide) groups is 2. The lowest BCUT2D eigenvalue weighted by Gasteiger charge is -2.13. The first kappa shape index (κ1) is 20.3. The molecule has 10 heteroatoms. The molecule has 1 saturated heterocycles. The highest BCUT2D eigenvalue weighted by atomic mass is 32.2. The fraction of sp³-hybridized carbons (Fsp3) is 0.211. The van der Waals surface area contributed by atoms with Gasteiger partial charge in [-0.3, -0.25) is 19.1 Å². The number of anilines is 1. The molecule has 3 heterocycles. The number of aromatic nitrogens is 1. The normalized spacial score (nSPS) is 19.8. The molecule has 150 valence electrons. The van der Waals surface area contributed by atoms with Crippen LogP contribution in [0.15, 0.2) is 40.5 Å². The Bertz CT molecular complexity index is 1240. The third-order valence-corrected chi connectivity index (χ3v) is 8.81. The van der Waals surface area contributed by atoms with Gasteiger partial charge in [-0.1, -0.05) is 41.8 Å². The first-order valence-corrected chi connectivity index (χ1v) is 11.4. The molecule has 0 bridgehead atoms. The van der Waals surface area contributed by atoms with Gasteiger partial charge in [0.1, 0.15) is 29.2 Å². The third-order valence-electron chi connectivity index (χ3n) is 4.58. The maximum absolute atomic E-state index is 13.3. The Morgan fingerprint density at radius 1 is 1.21 bits per heavy atom. The number of fused-ring (bicyclic) bond motifs is 1. The van der Waals surface area contributed by atoms with Gasteiger partial charge >= 0.3 is 0 Å². The third kappa shape index (κ3) is 3.24. The first-order valence-electron chi connectivity index (χ1n) is 8.56. The second-order valence-electron chi connectivity index (χ2n) is 6.30. The number of nitrogens with zero attached hydrogens (tertiary/aromatic N) is 3. The lowest BCUT2D eigenvalue weighted by Crippen LogP contribution is -2.34. The Labute approximate surface area is 185 Å². The van der Waals surface area contributed by atoms with E-state index in [0.29, 0.717) is 25.0 Å². The number of amides is 1. The van der Waals surface area contributed by atoms with Crippen LogP contribution < -0.4 is 24.4 Å². The summed E-state index contributed by atoms with van der Waals surface area (Å²) in [6.45, 7) is 4.08. The van der Waals surface area contributed by atoms with Gasteiger partial charge in [0.2, 0.25) is 0 Å². The maximum atomic E-state index is 13.3. The molecule has 0 saturated carbocycles. The number of ether oxygens (including phenoxy) is 1. The van der Waals surface area contributed by atoms with Crippen LogP contribution in [0.2, 0.25) is 0 Å². The zero-order valence-electron chi connectivity index (χ0n) is 15.9. The second kappa shape index (κ2) is 7.67. The zero-order chi connectivity index (χ0) is 20.9. The summed E-state index contributed by atoms with van der Waals surface area (Å²) in [6.07, 6.45) is 1.66. The average molecular weight is 464 g/mol. The van der Waals surface area contributed by atoms with Crippen molar-refractivity contribution in [3.05, 3.63) is 50.4 Å². The number of thiocarbonyl (C=S) groups is 1. The van der Waals surface area contributed by atoms with E-state index in [2.05, 4.69) is 6.58 Å². The molecule has 0 aliphatic carbocycles. The van der Waals surface area contributed by atoms with Gasteiger partial charge in [-0.15, -0.1) is 17.9 Å². The molecular weight excluding hydrogens is 446 g/mol. The quantitative estimate of drug-likeness (QED) is 0.510. The van der Waals surface area contributed by atoms with Crippen LogP contribution in [0.3, 0.4) is 0 Å². The summed E-state index contributed by atoms with van der Waals surface area (Å²) < 4.78 is 8.61. The number of hydrogen-bond acceptors (Lipinski definition) is 8. The molecule has 2 aromatic rings. The molecule has 29 heavy (non-hydrogen) atoms. The second-order valence-corrected chi connectivity index (χ2v) is 9.98. The molecular formula is C19H17N3O3S4. The lowest BCUT2D eigenvalue weighted by atomic mass is 10.3. The van der Waals surface area contributed by atoms with Crippen molar-refractivity contribution >= 4 is 72.9 Å². The Morgan fingerprint density at radius 2 is 1.97 bits per heavy atom. The molecule has 2 aliphatic rings. The lowest BCUT2D eigenvalue weighted by molar-refractivity contribution is -0.119. The van der Waals surface area contributed by atoms with E-state index < -0.39 is 0 Å². The number of benzene rings is 1. The van der Waals surface area contributed by atoms with E-state index in [1.165, 1.54) is 39.8 Å². The monoisotopic (exact) mass is 463 g/mol. The minimum Gasteiger partial charge on any atom is -0.497 e. The first-order chi connectivity index (χ1) is 13.9. The van der Waals surface area contributed by atoms with E-state index >= 15 is 0 Å². The number of methoxy groups -OCH3 is 1. The number of carbonyl (C=O) groups is 1. The standard InChI is InChI=1S/C19H17N3O3S4/c1-5-8-22-16(24)14(28-18(22)13-15(23)21(3)19(26)29-13)17-20(2)11-9-10(25-4)6-7-12(11)27-17/h5-7,9H,1,8H2,2-4H3. The highest BCUT2D eigenvalue weighted by Crippen LogP contribution is 2.46. The van der Waals surface area contributed by atoms with Crippen molar-refractivity contribution in [3.8, 4) is 5.75 Å². The fourth-order valence-electron chi connectivity index (χ4n) is 3.03. The van der Waals surface area contributed by atoms with Gasteiger partial charge < -0.3 is 9.64 Å². The summed E-state index contributed by atoms with van der Waals surface area (Å²) in [7, 11) is 5.20. The van der Waals surface area contributed by atoms with Gasteiger partial charge in [0, 0.05) is 31.6 Å². The van der Waals surface area contributed by atoms with Crippen molar-refractivity contribution in [1.29, 1.82) is 0 Å². The summed E-state index contributed by atoms with van der Waals surface area (Å²) in [5.41, 5.74) is 0.842. The van der Waals surface area contributed by atoms with Crippen molar-refractivity contribution in [3.63, 3.8) is 0 Å². The molecule has 1 aromatic heterocycles. The summed E-state index contributed by atoms with van der Waals surface area (Å²) in [6, 6.07) is 5.83. The minimum atomic E-state index is -0.184. The van der Waals surface area contributed by atoms with E-state index in [0.717, 1.165) is 21.4 Å². The molecule has 2 aliphatic heterocycles.